The predicted octanol–water partition coefficient (Wildman–Crippen LogP) is 4.09. The molecule has 0 aromatic carbocycles. The zero-order chi connectivity index (χ0) is 8.36. The van der Waals surface area contributed by atoms with Crippen molar-refractivity contribution in [2.24, 2.45) is 0 Å². The minimum Gasteiger partial charge on any atom is -0.0848 e. The Balaban J connectivity index is 3.09. The molecule has 0 nitrogen and oxygen atoms in total. The second-order valence-corrected chi connectivity index (χ2v) is 2.76. The number of unbranched alkanes of at least 4 members (excludes halogenated alkanes) is 3. The van der Waals surface area contributed by atoms with Crippen LogP contribution in [0.2, 0.25) is 0 Å². The van der Waals surface area contributed by atoms with Crippen molar-refractivity contribution < 1.29 is 0 Å². The SMILES string of the molecule is CCC=CC=CCCCCC. The molecule has 0 N–H and O–H groups in total. The summed E-state index contributed by atoms with van der Waals surface area (Å²) in [6.07, 6.45) is 15.1. The maximum Gasteiger partial charge on any atom is -0.0348 e. The van der Waals surface area contributed by atoms with Crippen LogP contribution in [-0.2, 0) is 0 Å². The first-order valence-electron chi connectivity index (χ1n) is 4.73. The van der Waals surface area contributed by atoms with Crippen molar-refractivity contribution >= 4 is 0 Å². The van der Waals surface area contributed by atoms with Gasteiger partial charge in [-0.2, -0.15) is 0 Å². The van der Waals surface area contributed by atoms with Gasteiger partial charge in [-0.3, -0.25) is 0 Å². The molecular formula is C11H20. The highest BCUT2D eigenvalue weighted by molar-refractivity contribution is 5.01. The molecule has 0 saturated carbocycles. The molecular weight excluding hydrogens is 132 g/mol. The van der Waals surface area contributed by atoms with Crippen LogP contribution in [-0.4, -0.2) is 0 Å². The molecule has 0 spiro atoms. The van der Waals surface area contributed by atoms with Gasteiger partial charge >= 0.3 is 0 Å². The van der Waals surface area contributed by atoms with Crippen LogP contribution in [0.3, 0.4) is 0 Å². The summed E-state index contributed by atoms with van der Waals surface area (Å²) in [5.41, 5.74) is 0. The van der Waals surface area contributed by atoms with Gasteiger partial charge in [-0.1, -0.05) is 51.0 Å². The van der Waals surface area contributed by atoms with E-state index in [0.717, 1.165) is 6.42 Å². The first kappa shape index (κ1) is 10.5. The first-order valence-corrected chi connectivity index (χ1v) is 4.73. The van der Waals surface area contributed by atoms with Gasteiger partial charge in [0, 0.05) is 0 Å². The molecule has 0 aliphatic carbocycles. The lowest BCUT2D eigenvalue weighted by molar-refractivity contribution is 0.729. The molecule has 0 bridgehead atoms. The Morgan fingerprint density at radius 1 is 0.909 bits per heavy atom. The van der Waals surface area contributed by atoms with Gasteiger partial charge in [0.25, 0.3) is 0 Å². The summed E-state index contributed by atoms with van der Waals surface area (Å²) in [6, 6.07) is 0. The van der Waals surface area contributed by atoms with Crippen molar-refractivity contribution in [1.29, 1.82) is 0 Å². The molecule has 11 heavy (non-hydrogen) atoms. The van der Waals surface area contributed by atoms with E-state index in [4.69, 9.17) is 0 Å². The third-order valence-electron chi connectivity index (χ3n) is 1.59. The summed E-state index contributed by atoms with van der Waals surface area (Å²) in [5.74, 6) is 0. The Morgan fingerprint density at radius 2 is 1.64 bits per heavy atom. The minimum atomic E-state index is 1.14. The van der Waals surface area contributed by atoms with Gasteiger partial charge in [0.1, 0.15) is 0 Å². The second kappa shape index (κ2) is 9.48. The van der Waals surface area contributed by atoms with E-state index in [1.807, 2.05) is 0 Å². The Bertz CT molecular complexity index is 109. The van der Waals surface area contributed by atoms with Crippen LogP contribution in [0.1, 0.15) is 46.0 Å². The molecule has 0 fully saturated rings. The molecule has 0 aromatic rings. The van der Waals surface area contributed by atoms with E-state index in [-0.39, 0.29) is 0 Å². The third-order valence-corrected chi connectivity index (χ3v) is 1.59. The van der Waals surface area contributed by atoms with Crippen molar-refractivity contribution in [3.8, 4) is 0 Å². The summed E-state index contributed by atoms with van der Waals surface area (Å²) in [4.78, 5) is 0. The molecule has 0 radical (unpaired) electrons. The predicted molar refractivity (Wildman–Crippen MR) is 52.7 cm³/mol. The monoisotopic (exact) mass is 152 g/mol. The van der Waals surface area contributed by atoms with Gasteiger partial charge in [-0.25, -0.2) is 0 Å². The summed E-state index contributed by atoms with van der Waals surface area (Å²) in [5, 5.41) is 0. The highest BCUT2D eigenvalue weighted by Crippen LogP contribution is 1.99. The lowest BCUT2D eigenvalue weighted by atomic mass is 10.2. The lowest BCUT2D eigenvalue weighted by Crippen LogP contribution is -1.69. The van der Waals surface area contributed by atoms with E-state index in [0.29, 0.717) is 0 Å². The topological polar surface area (TPSA) is 0 Å². The summed E-state index contributed by atoms with van der Waals surface area (Å²) in [6.45, 7) is 4.39. The maximum atomic E-state index is 2.25. The Kier molecular flexibility index (Phi) is 9.03. The molecule has 64 valence electrons. The average Bonchev–Trinajstić information content (AvgIpc) is 2.03. The average molecular weight is 152 g/mol. The number of allylic oxidation sites excluding steroid dienone is 4. The standard InChI is InChI=1S/C11H20/c1-3-5-7-9-11-10-8-6-4-2/h5,7,9,11H,3-4,6,8,10H2,1-2H3. The van der Waals surface area contributed by atoms with Gasteiger partial charge in [0.15, 0.2) is 0 Å². The van der Waals surface area contributed by atoms with Crippen molar-refractivity contribution in [3.63, 3.8) is 0 Å². The maximum absolute atomic E-state index is 2.25. The molecule has 0 saturated heterocycles. The van der Waals surface area contributed by atoms with E-state index in [2.05, 4.69) is 38.2 Å². The molecule has 0 atom stereocenters. The van der Waals surface area contributed by atoms with E-state index < -0.39 is 0 Å². The van der Waals surface area contributed by atoms with E-state index in [1.54, 1.807) is 0 Å². The Morgan fingerprint density at radius 3 is 2.27 bits per heavy atom. The summed E-state index contributed by atoms with van der Waals surface area (Å²) >= 11 is 0. The molecule has 0 amide bonds. The Hall–Kier alpha value is -0.520. The number of rotatable bonds is 6. The van der Waals surface area contributed by atoms with Crippen LogP contribution in [0.15, 0.2) is 24.3 Å². The van der Waals surface area contributed by atoms with Crippen LogP contribution in [0.5, 0.6) is 0 Å². The molecule has 0 aliphatic rings. The van der Waals surface area contributed by atoms with Crippen molar-refractivity contribution in [1.82, 2.24) is 0 Å². The van der Waals surface area contributed by atoms with Crippen LogP contribution in [0, 0.1) is 0 Å². The quantitative estimate of drug-likeness (QED) is 0.397. The lowest BCUT2D eigenvalue weighted by Gasteiger charge is -1.89. The molecule has 0 aliphatic heterocycles. The number of hydrogen-bond donors (Lipinski definition) is 0. The van der Waals surface area contributed by atoms with Gasteiger partial charge in [-0.05, 0) is 19.3 Å². The minimum absolute atomic E-state index is 1.14. The van der Waals surface area contributed by atoms with Crippen molar-refractivity contribution in [2.75, 3.05) is 0 Å². The van der Waals surface area contributed by atoms with Crippen LogP contribution < -0.4 is 0 Å². The van der Waals surface area contributed by atoms with Gasteiger partial charge in [0.05, 0.1) is 0 Å². The van der Waals surface area contributed by atoms with Crippen LogP contribution >= 0.6 is 0 Å². The first-order chi connectivity index (χ1) is 5.41. The second-order valence-electron chi connectivity index (χ2n) is 2.76. The van der Waals surface area contributed by atoms with Crippen LogP contribution in [0.4, 0.5) is 0 Å². The zero-order valence-electron chi connectivity index (χ0n) is 7.84. The molecule has 0 aromatic heterocycles. The van der Waals surface area contributed by atoms with Gasteiger partial charge in [-0.15, -0.1) is 0 Å². The van der Waals surface area contributed by atoms with Crippen LogP contribution in [0.25, 0.3) is 0 Å². The fraction of sp³-hybridized carbons (Fsp3) is 0.636. The van der Waals surface area contributed by atoms with E-state index >= 15 is 0 Å². The molecule has 0 unspecified atom stereocenters. The van der Waals surface area contributed by atoms with Gasteiger partial charge in [0.2, 0.25) is 0 Å². The smallest absolute Gasteiger partial charge is 0.0348 e. The summed E-state index contributed by atoms with van der Waals surface area (Å²) in [7, 11) is 0. The third kappa shape index (κ3) is 9.48. The highest BCUT2D eigenvalue weighted by atomic mass is 13.9. The fourth-order valence-corrected chi connectivity index (χ4v) is 0.902. The van der Waals surface area contributed by atoms with Gasteiger partial charge < -0.3 is 0 Å². The number of hydrogen-bond acceptors (Lipinski definition) is 0. The Labute approximate surface area is 71.0 Å². The highest BCUT2D eigenvalue weighted by Gasteiger charge is 1.79. The molecule has 0 rings (SSSR count). The van der Waals surface area contributed by atoms with E-state index in [9.17, 15) is 0 Å². The normalized spacial score (nSPS) is 11.8. The summed E-state index contributed by atoms with van der Waals surface area (Å²) < 4.78 is 0. The van der Waals surface area contributed by atoms with Crippen molar-refractivity contribution in [3.05, 3.63) is 24.3 Å². The molecule has 0 heterocycles. The fourth-order valence-electron chi connectivity index (χ4n) is 0.902. The van der Waals surface area contributed by atoms with Crippen molar-refractivity contribution in [2.45, 2.75) is 46.0 Å². The molecule has 0 heteroatoms. The van der Waals surface area contributed by atoms with E-state index in [1.165, 1.54) is 25.7 Å². The largest absolute Gasteiger partial charge is 0.0848 e. The zero-order valence-corrected chi connectivity index (χ0v) is 7.84.